The third-order valence-electron chi connectivity index (χ3n) is 2.98. The molecule has 1 unspecified atom stereocenters. The lowest BCUT2D eigenvalue weighted by atomic mass is 9.85. The summed E-state index contributed by atoms with van der Waals surface area (Å²) in [5, 5.41) is 2.76. The standard InChI is InChI=1S/C14H12/c1-2-9-13-11(5-1)8-4-10-14(13)12-6-3-7-12/h1-6,8-10,12H,7H2. The minimum absolute atomic E-state index is 0.654. The maximum atomic E-state index is 2.29. The molecule has 3 rings (SSSR count). The van der Waals surface area contributed by atoms with E-state index in [0.29, 0.717) is 5.92 Å². The summed E-state index contributed by atoms with van der Waals surface area (Å²) in [7, 11) is 0. The van der Waals surface area contributed by atoms with Crippen LogP contribution in [0.2, 0.25) is 0 Å². The van der Waals surface area contributed by atoms with Crippen LogP contribution >= 0.6 is 0 Å². The zero-order valence-electron chi connectivity index (χ0n) is 7.98. The molecule has 0 N–H and O–H groups in total. The molecular formula is C14H12. The Morgan fingerprint density at radius 1 is 0.929 bits per heavy atom. The van der Waals surface area contributed by atoms with Gasteiger partial charge in [-0.25, -0.2) is 0 Å². The second-order valence-corrected chi connectivity index (χ2v) is 3.84. The van der Waals surface area contributed by atoms with Gasteiger partial charge in [-0.3, -0.25) is 0 Å². The van der Waals surface area contributed by atoms with Gasteiger partial charge in [0.2, 0.25) is 0 Å². The van der Waals surface area contributed by atoms with Crippen molar-refractivity contribution in [2.75, 3.05) is 0 Å². The predicted octanol–water partition coefficient (Wildman–Crippen LogP) is 3.88. The molecule has 2 aromatic rings. The number of allylic oxidation sites excluding steroid dienone is 2. The number of benzene rings is 2. The summed E-state index contributed by atoms with van der Waals surface area (Å²) in [5.74, 6) is 0.654. The Balaban J connectivity index is 2.27. The molecular weight excluding hydrogens is 168 g/mol. The molecule has 1 aliphatic carbocycles. The molecule has 0 heterocycles. The van der Waals surface area contributed by atoms with Crippen molar-refractivity contribution in [2.24, 2.45) is 0 Å². The summed E-state index contributed by atoms with van der Waals surface area (Å²) in [4.78, 5) is 0. The van der Waals surface area contributed by atoms with Gasteiger partial charge in [0.15, 0.2) is 0 Å². The molecule has 1 aliphatic rings. The molecule has 1 atom stereocenters. The van der Waals surface area contributed by atoms with Crippen LogP contribution in [0, 0.1) is 0 Å². The molecule has 0 fully saturated rings. The highest BCUT2D eigenvalue weighted by Gasteiger charge is 2.14. The summed E-state index contributed by atoms with van der Waals surface area (Å²) in [6.07, 6.45) is 5.74. The van der Waals surface area contributed by atoms with E-state index < -0.39 is 0 Å². The smallest absolute Gasteiger partial charge is 0.00586 e. The van der Waals surface area contributed by atoms with Crippen molar-refractivity contribution in [1.29, 1.82) is 0 Å². The Morgan fingerprint density at radius 2 is 1.71 bits per heavy atom. The van der Waals surface area contributed by atoms with Crippen LogP contribution in [0.5, 0.6) is 0 Å². The van der Waals surface area contributed by atoms with Crippen molar-refractivity contribution in [3.63, 3.8) is 0 Å². The monoisotopic (exact) mass is 180 g/mol. The quantitative estimate of drug-likeness (QED) is 0.584. The van der Waals surface area contributed by atoms with Crippen molar-refractivity contribution >= 4 is 10.8 Å². The van der Waals surface area contributed by atoms with Crippen molar-refractivity contribution in [2.45, 2.75) is 12.3 Å². The highest BCUT2D eigenvalue weighted by molar-refractivity contribution is 5.86. The summed E-state index contributed by atoms with van der Waals surface area (Å²) < 4.78 is 0. The molecule has 0 nitrogen and oxygen atoms in total. The largest absolute Gasteiger partial charge is 0.0870 e. The van der Waals surface area contributed by atoms with Gasteiger partial charge >= 0.3 is 0 Å². The molecule has 0 bridgehead atoms. The van der Waals surface area contributed by atoms with Gasteiger partial charge in [-0.15, -0.1) is 0 Å². The fraction of sp³-hybridized carbons (Fsp3) is 0.143. The molecule has 0 saturated heterocycles. The minimum atomic E-state index is 0.654. The molecule has 0 aromatic heterocycles. The Bertz CT molecular complexity index is 489. The topological polar surface area (TPSA) is 0 Å². The van der Waals surface area contributed by atoms with E-state index in [1.807, 2.05) is 0 Å². The zero-order valence-corrected chi connectivity index (χ0v) is 7.98. The number of hydrogen-bond donors (Lipinski definition) is 0. The van der Waals surface area contributed by atoms with E-state index in [-0.39, 0.29) is 0 Å². The van der Waals surface area contributed by atoms with Crippen LogP contribution in [0.25, 0.3) is 10.8 Å². The van der Waals surface area contributed by atoms with E-state index in [1.165, 1.54) is 22.8 Å². The predicted molar refractivity (Wildman–Crippen MR) is 60.4 cm³/mol. The number of fused-ring (bicyclic) bond motifs is 1. The van der Waals surface area contributed by atoms with E-state index in [1.54, 1.807) is 0 Å². The third kappa shape index (κ3) is 1.07. The van der Waals surface area contributed by atoms with Crippen molar-refractivity contribution in [3.05, 3.63) is 60.2 Å². The number of rotatable bonds is 1. The highest BCUT2D eigenvalue weighted by Crippen LogP contribution is 2.33. The lowest BCUT2D eigenvalue weighted by Gasteiger charge is -2.19. The molecule has 0 heteroatoms. The van der Waals surface area contributed by atoms with Crippen LogP contribution in [0.15, 0.2) is 54.6 Å². The van der Waals surface area contributed by atoms with Gasteiger partial charge in [-0.1, -0.05) is 54.6 Å². The zero-order chi connectivity index (χ0) is 9.38. The van der Waals surface area contributed by atoms with E-state index in [2.05, 4.69) is 54.6 Å². The first kappa shape index (κ1) is 7.81. The second-order valence-electron chi connectivity index (χ2n) is 3.84. The Labute approximate surface area is 83.9 Å². The van der Waals surface area contributed by atoms with Gasteiger partial charge in [-0.2, -0.15) is 0 Å². The SMILES string of the molecule is C1=CC(c2cccc3ccccc23)C1. The Morgan fingerprint density at radius 3 is 2.50 bits per heavy atom. The summed E-state index contributed by atoms with van der Waals surface area (Å²) in [6, 6.07) is 15.2. The Hall–Kier alpha value is -1.56. The van der Waals surface area contributed by atoms with E-state index >= 15 is 0 Å². The van der Waals surface area contributed by atoms with Crippen LogP contribution in [-0.4, -0.2) is 0 Å². The van der Waals surface area contributed by atoms with Gasteiger partial charge in [0.25, 0.3) is 0 Å². The first-order valence-electron chi connectivity index (χ1n) is 5.09. The highest BCUT2D eigenvalue weighted by atomic mass is 14.2. The molecule has 0 saturated carbocycles. The van der Waals surface area contributed by atoms with Crippen LogP contribution in [-0.2, 0) is 0 Å². The van der Waals surface area contributed by atoms with Crippen LogP contribution in [0.3, 0.4) is 0 Å². The van der Waals surface area contributed by atoms with Crippen LogP contribution in [0.1, 0.15) is 17.9 Å². The normalized spacial score (nSPS) is 19.6. The lowest BCUT2D eigenvalue weighted by Crippen LogP contribution is -2.01. The van der Waals surface area contributed by atoms with E-state index in [4.69, 9.17) is 0 Å². The Kier molecular flexibility index (Phi) is 1.66. The fourth-order valence-corrected chi connectivity index (χ4v) is 2.08. The van der Waals surface area contributed by atoms with Crippen molar-refractivity contribution < 1.29 is 0 Å². The van der Waals surface area contributed by atoms with E-state index in [9.17, 15) is 0 Å². The van der Waals surface area contributed by atoms with Gasteiger partial charge < -0.3 is 0 Å². The van der Waals surface area contributed by atoms with Crippen LogP contribution < -0.4 is 0 Å². The summed E-state index contributed by atoms with van der Waals surface area (Å²) >= 11 is 0. The molecule has 0 aliphatic heterocycles. The minimum Gasteiger partial charge on any atom is -0.0870 e. The molecule has 68 valence electrons. The fourth-order valence-electron chi connectivity index (χ4n) is 2.08. The van der Waals surface area contributed by atoms with Crippen molar-refractivity contribution in [3.8, 4) is 0 Å². The third-order valence-corrected chi connectivity index (χ3v) is 2.98. The van der Waals surface area contributed by atoms with Gasteiger partial charge in [0, 0.05) is 5.92 Å². The molecule has 0 radical (unpaired) electrons. The van der Waals surface area contributed by atoms with E-state index in [0.717, 1.165) is 0 Å². The molecule has 14 heavy (non-hydrogen) atoms. The molecule has 0 amide bonds. The first-order valence-corrected chi connectivity index (χ1v) is 5.09. The van der Waals surface area contributed by atoms with Crippen LogP contribution in [0.4, 0.5) is 0 Å². The first-order chi connectivity index (χ1) is 6.95. The maximum absolute atomic E-state index is 2.29. The maximum Gasteiger partial charge on any atom is 0.00586 e. The average molecular weight is 180 g/mol. The lowest BCUT2D eigenvalue weighted by molar-refractivity contribution is 0.801. The summed E-state index contributed by atoms with van der Waals surface area (Å²) in [6.45, 7) is 0. The van der Waals surface area contributed by atoms with Gasteiger partial charge in [0.1, 0.15) is 0 Å². The van der Waals surface area contributed by atoms with Crippen molar-refractivity contribution in [1.82, 2.24) is 0 Å². The molecule has 0 spiro atoms. The summed E-state index contributed by atoms with van der Waals surface area (Å²) in [5.41, 5.74) is 1.48. The average Bonchev–Trinajstić information content (AvgIpc) is 2.16. The van der Waals surface area contributed by atoms with Gasteiger partial charge in [-0.05, 0) is 22.8 Å². The second kappa shape index (κ2) is 2.98. The number of hydrogen-bond acceptors (Lipinski definition) is 0. The van der Waals surface area contributed by atoms with Gasteiger partial charge in [0.05, 0.1) is 0 Å². The molecule has 2 aromatic carbocycles.